The molecule has 3 aliphatic rings. The Balaban J connectivity index is 1.33. The first kappa shape index (κ1) is 24.0. The minimum atomic E-state index is -0.260. The first-order valence-corrected chi connectivity index (χ1v) is 13.2. The van der Waals surface area contributed by atoms with Crippen molar-refractivity contribution in [2.45, 2.75) is 32.4 Å². The molecule has 2 saturated heterocycles. The van der Waals surface area contributed by atoms with Crippen LogP contribution in [0.5, 0.6) is 11.5 Å². The molecule has 2 aromatic heterocycles. The maximum Gasteiger partial charge on any atom is 0.267 e. The van der Waals surface area contributed by atoms with E-state index in [9.17, 15) is 9.59 Å². The summed E-state index contributed by atoms with van der Waals surface area (Å²) in [6.07, 6.45) is 5.37. The van der Waals surface area contributed by atoms with Crippen molar-refractivity contribution in [2.24, 2.45) is 0 Å². The number of anilines is 1. The Morgan fingerprint density at radius 2 is 2.08 bits per heavy atom. The summed E-state index contributed by atoms with van der Waals surface area (Å²) in [4.78, 5) is 33.6. The van der Waals surface area contributed by atoms with Crippen LogP contribution in [-0.4, -0.2) is 50.6 Å². The molecule has 0 aliphatic carbocycles. The number of aryl methyl sites for hydroxylation is 1. The normalized spacial score (nSPS) is 20.0. The molecule has 11 heteroatoms. The number of pyridine rings is 1. The summed E-state index contributed by atoms with van der Waals surface area (Å²) >= 11 is 6.71. The van der Waals surface area contributed by atoms with Gasteiger partial charge in [0.05, 0.1) is 23.1 Å². The van der Waals surface area contributed by atoms with Crippen molar-refractivity contribution in [1.82, 2.24) is 14.3 Å². The summed E-state index contributed by atoms with van der Waals surface area (Å²) < 4.78 is 18.5. The molecule has 1 aromatic carbocycles. The third-order valence-corrected chi connectivity index (χ3v) is 7.83. The fourth-order valence-electron chi connectivity index (χ4n) is 4.53. The maximum atomic E-state index is 13.6. The highest BCUT2D eigenvalue weighted by atomic mass is 32.2. The Hall–Kier alpha value is -3.41. The van der Waals surface area contributed by atoms with Gasteiger partial charge in [0.15, 0.2) is 11.5 Å². The van der Waals surface area contributed by atoms with Crippen molar-refractivity contribution in [3.8, 4) is 11.5 Å². The highest BCUT2D eigenvalue weighted by Crippen LogP contribution is 2.36. The Kier molecular flexibility index (Phi) is 6.35. The second-order valence-corrected chi connectivity index (χ2v) is 10.8. The zero-order valence-electron chi connectivity index (χ0n) is 20.1. The highest BCUT2D eigenvalue weighted by molar-refractivity contribution is 8.26. The first-order chi connectivity index (χ1) is 18.0. The average molecular weight is 537 g/mol. The summed E-state index contributed by atoms with van der Waals surface area (Å²) in [6.45, 7) is 3.65. The molecule has 2 fully saturated rings. The van der Waals surface area contributed by atoms with E-state index in [1.165, 1.54) is 21.1 Å². The number of amides is 1. The molecule has 1 N–H and O–H groups in total. The molecular formula is C26H24N4O5S2. The summed E-state index contributed by atoms with van der Waals surface area (Å²) in [7, 11) is 0. The van der Waals surface area contributed by atoms with Gasteiger partial charge in [-0.3, -0.25) is 18.9 Å². The Labute approximate surface area is 222 Å². The van der Waals surface area contributed by atoms with Crippen LogP contribution in [0.4, 0.5) is 5.82 Å². The number of carbonyl (C=O) groups excluding carboxylic acids is 1. The first-order valence-electron chi connectivity index (χ1n) is 12.0. The number of hydrogen-bond acceptors (Lipinski definition) is 9. The fraction of sp³-hybridized carbons (Fsp3) is 0.308. The second kappa shape index (κ2) is 9.81. The molecule has 1 amide bonds. The van der Waals surface area contributed by atoms with E-state index >= 15 is 0 Å². The van der Waals surface area contributed by atoms with Crippen LogP contribution in [0.1, 0.15) is 29.5 Å². The lowest BCUT2D eigenvalue weighted by atomic mass is 10.2. The quantitative estimate of drug-likeness (QED) is 0.374. The smallest absolute Gasteiger partial charge is 0.267 e. The van der Waals surface area contributed by atoms with Gasteiger partial charge >= 0.3 is 0 Å². The molecule has 9 nitrogen and oxygen atoms in total. The number of ether oxygens (including phenoxy) is 3. The minimum absolute atomic E-state index is 0.0611. The van der Waals surface area contributed by atoms with Crippen molar-refractivity contribution in [3.05, 3.63) is 68.5 Å². The lowest BCUT2D eigenvalue weighted by Gasteiger charge is -2.15. The lowest BCUT2D eigenvalue weighted by Crippen LogP contribution is -2.27. The van der Waals surface area contributed by atoms with Gasteiger partial charge in [-0.2, -0.15) is 0 Å². The monoisotopic (exact) mass is 536 g/mol. The average Bonchev–Trinajstić information content (AvgIpc) is 3.63. The van der Waals surface area contributed by atoms with Crippen molar-refractivity contribution in [1.29, 1.82) is 0 Å². The van der Waals surface area contributed by atoms with Crippen LogP contribution >= 0.6 is 24.0 Å². The molecular weight excluding hydrogens is 512 g/mol. The molecule has 6 rings (SSSR count). The van der Waals surface area contributed by atoms with Gasteiger partial charge in [0, 0.05) is 19.3 Å². The third-order valence-electron chi connectivity index (χ3n) is 6.45. The van der Waals surface area contributed by atoms with Crippen molar-refractivity contribution in [2.75, 3.05) is 25.3 Å². The number of rotatable bonds is 6. The number of nitrogens with zero attached hydrogens (tertiary/aromatic N) is 3. The van der Waals surface area contributed by atoms with Crippen LogP contribution in [0.25, 0.3) is 11.7 Å². The summed E-state index contributed by atoms with van der Waals surface area (Å²) in [5.41, 5.74) is 2.37. The second-order valence-electron chi connectivity index (χ2n) is 9.09. The maximum absolute atomic E-state index is 13.6. The number of thioether (sulfide) groups is 1. The molecule has 190 valence electrons. The minimum Gasteiger partial charge on any atom is -0.454 e. The molecule has 1 atom stereocenters. The fourth-order valence-corrected chi connectivity index (χ4v) is 5.77. The zero-order valence-corrected chi connectivity index (χ0v) is 21.7. The predicted octanol–water partition coefficient (Wildman–Crippen LogP) is 3.72. The van der Waals surface area contributed by atoms with Gasteiger partial charge in [-0.1, -0.05) is 36.1 Å². The predicted molar refractivity (Wildman–Crippen MR) is 145 cm³/mol. The lowest BCUT2D eigenvalue weighted by molar-refractivity contribution is -0.122. The molecule has 3 aromatic rings. The number of aromatic nitrogens is 2. The Bertz CT molecular complexity index is 1510. The van der Waals surface area contributed by atoms with Gasteiger partial charge in [0.25, 0.3) is 11.5 Å². The molecule has 0 bridgehead atoms. The number of nitrogens with one attached hydrogen (secondary N) is 1. The summed E-state index contributed by atoms with van der Waals surface area (Å²) in [6, 6.07) is 9.26. The van der Waals surface area contributed by atoms with E-state index in [4.69, 9.17) is 31.4 Å². The number of hydrogen-bond donors (Lipinski definition) is 1. The molecule has 3 aliphatic heterocycles. The van der Waals surface area contributed by atoms with Crippen molar-refractivity contribution >= 4 is 51.7 Å². The number of benzene rings is 1. The molecule has 37 heavy (non-hydrogen) atoms. The van der Waals surface area contributed by atoms with Crippen LogP contribution in [0, 0.1) is 6.92 Å². The van der Waals surface area contributed by atoms with E-state index < -0.39 is 0 Å². The third kappa shape index (κ3) is 4.70. The van der Waals surface area contributed by atoms with E-state index in [0.717, 1.165) is 30.6 Å². The van der Waals surface area contributed by atoms with E-state index in [2.05, 4.69) is 5.32 Å². The Morgan fingerprint density at radius 1 is 1.22 bits per heavy atom. The highest BCUT2D eigenvalue weighted by Gasteiger charge is 2.33. The number of fused-ring (bicyclic) bond motifs is 2. The number of carbonyl (C=O) groups is 1. The molecule has 1 unspecified atom stereocenters. The van der Waals surface area contributed by atoms with Gasteiger partial charge in [-0.25, -0.2) is 4.98 Å². The van der Waals surface area contributed by atoms with Crippen molar-refractivity contribution < 1.29 is 19.0 Å². The number of thiocarbonyl (C=S) groups is 1. The van der Waals surface area contributed by atoms with E-state index in [0.29, 0.717) is 44.3 Å². The Morgan fingerprint density at radius 3 is 2.92 bits per heavy atom. The van der Waals surface area contributed by atoms with Gasteiger partial charge in [0.2, 0.25) is 6.79 Å². The molecule has 5 heterocycles. The van der Waals surface area contributed by atoms with Crippen LogP contribution in [0.3, 0.4) is 0 Å². The van der Waals surface area contributed by atoms with Gasteiger partial charge in [-0.05, 0) is 55.2 Å². The van der Waals surface area contributed by atoms with E-state index in [-0.39, 0.29) is 30.9 Å². The largest absolute Gasteiger partial charge is 0.454 e. The zero-order chi connectivity index (χ0) is 25.5. The van der Waals surface area contributed by atoms with E-state index in [1.807, 2.05) is 37.3 Å². The standard InChI is InChI=1S/C26H24N4O5S2/c1-15-4-7-22-28-23(27-11-17-3-2-8-33-17)18(24(31)29(22)12-15)10-21-25(32)30(26(36)37-21)13-16-5-6-19-20(9-16)35-14-34-19/h4-7,9-10,12,17,27H,2-3,8,11,13-14H2,1H3/b21-10-. The van der Waals surface area contributed by atoms with Gasteiger partial charge in [-0.15, -0.1) is 0 Å². The topological polar surface area (TPSA) is 94.4 Å². The van der Waals surface area contributed by atoms with Crippen LogP contribution in [0.2, 0.25) is 0 Å². The SMILES string of the molecule is Cc1ccc2nc(NCC3CCCO3)c(/C=C3\SC(=S)N(Cc4ccc5c(c4)OCO5)C3=O)c(=O)n2c1. The summed E-state index contributed by atoms with van der Waals surface area (Å²) in [5.74, 6) is 1.49. The molecule has 0 spiro atoms. The molecule has 0 radical (unpaired) electrons. The van der Waals surface area contributed by atoms with Crippen molar-refractivity contribution in [3.63, 3.8) is 0 Å². The molecule has 0 saturated carbocycles. The van der Waals surface area contributed by atoms with Gasteiger partial charge in [0.1, 0.15) is 15.8 Å². The van der Waals surface area contributed by atoms with Crippen LogP contribution in [-0.2, 0) is 16.1 Å². The van der Waals surface area contributed by atoms with Crippen LogP contribution in [0.15, 0.2) is 46.2 Å². The summed E-state index contributed by atoms with van der Waals surface area (Å²) in [5, 5.41) is 3.29. The van der Waals surface area contributed by atoms with Crippen LogP contribution < -0.4 is 20.3 Å². The van der Waals surface area contributed by atoms with Gasteiger partial charge < -0.3 is 19.5 Å². The van der Waals surface area contributed by atoms with E-state index in [1.54, 1.807) is 12.3 Å².